The van der Waals surface area contributed by atoms with Gasteiger partial charge in [0.15, 0.2) is 5.82 Å². The molecule has 0 saturated heterocycles. The number of nitrogens with zero attached hydrogens (tertiary/aromatic N) is 5. The molecule has 3 aromatic rings. The second kappa shape index (κ2) is 11.9. The molecule has 35 heavy (non-hydrogen) atoms. The third-order valence-electron chi connectivity index (χ3n) is 6.06. The molecule has 1 atom stereocenters. The number of hydrogen-bond acceptors (Lipinski definition) is 7. The van der Waals surface area contributed by atoms with E-state index in [1.807, 2.05) is 18.2 Å². The van der Waals surface area contributed by atoms with Crippen LogP contribution < -0.4 is 10.1 Å². The van der Waals surface area contributed by atoms with Crippen molar-refractivity contribution in [2.75, 3.05) is 26.3 Å². The number of benzene rings is 1. The molecule has 186 valence electrons. The molecule has 1 amide bonds. The number of nitrogens with one attached hydrogen (secondary N) is 1. The van der Waals surface area contributed by atoms with Gasteiger partial charge in [0.2, 0.25) is 0 Å². The van der Waals surface area contributed by atoms with Crippen LogP contribution in [0.25, 0.3) is 0 Å². The normalized spacial score (nSPS) is 14.9. The number of carbonyl (C=O) groups is 1. The van der Waals surface area contributed by atoms with Crippen molar-refractivity contribution in [3.63, 3.8) is 0 Å². The Morgan fingerprint density at radius 3 is 2.83 bits per heavy atom. The third kappa shape index (κ3) is 6.64. The summed E-state index contributed by atoms with van der Waals surface area (Å²) in [6, 6.07) is 11.3. The van der Waals surface area contributed by atoms with Gasteiger partial charge >= 0.3 is 0 Å². The van der Waals surface area contributed by atoms with E-state index in [2.05, 4.69) is 49.9 Å². The first-order valence-corrected chi connectivity index (χ1v) is 12.2. The number of aliphatic hydroxyl groups excluding tert-OH is 1. The summed E-state index contributed by atoms with van der Waals surface area (Å²) in [7, 11) is 0. The Morgan fingerprint density at radius 2 is 2.06 bits per heavy atom. The van der Waals surface area contributed by atoms with Gasteiger partial charge in [0.25, 0.3) is 5.91 Å². The quantitative estimate of drug-likeness (QED) is 0.461. The van der Waals surface area contributed by atoms with Crippen LogP contribution in [-0.2, 0) is 19.5 Å². The fraction of sp³-hybridized carbons (Fsp3) is 0.462. The van der Waals surface area contributed by atoms with Gasteiger partial charge in [-0.3, -0.25) is 14.7 Å². The van der Waals surface area contributed by atoms with Crippen LogP contribution in [0.4, 0.5) is 0 Å². The highest BCUT2D eigenvalue weighted by Crippen LogP contribution is 2.23. The van der Waals surface area contributed by atoms with Gasteiger partial charge in [0.1, 0.15) is 18.2 Å². The van der Waals surface area contributed by atoms with Crippen molar-refractivity contribution in [3.8, 4) is 5.75 Å². The van der Waals surface area contributed by atoms with E-state index in [1.165, 1.54) is 5.56 Å². The number of fused-ring (bicyclic) bond motifs is 1. The van der Waals surface area contributed by atoms with Crippen LogP contribution in [0.3, 0.4) is 0 Å². The minimum absolute atomic E-state index is 0.00131. The Labute approximate surface area is 206 Å². The van der Waals surface area contributed by atoms with Gasteiger partial charge in [-0.25, -0.2) is 0 Å². The minimum Gasteiger partial charge on any atom is -0.491 e. The molecule has 1 aliphatic rings. The zero-order chi connectivity index (χ0) is 24.6. The molecule has 1 aromatic carbocycles. The number of ether oxygens (including phenoxy) is 1. The van der Waals surface area contributed by atoms with Crippen LogP contribution in [0, 0.1) is 5.92 Å². The Hall–Kier alpha value is -3.30. The first kappa shape index (κ1) is 24.8. The molecule has 9 heteroatoms. The van der Waals surface area contributed by atoms with Crippen LogP contribution in [0.2, 0.25) is 0 Å². The highest BCUT2D eigenvalue weighted by atomic mass is 16.5. The molecule has 3 heterocycles. The van der Waals surface area contributed by atoms with Crippen molar-refractivity contribution < 1.29 is 14.6 Å². The van der Waals surface area contributed by atoms with Crippen molar-refractivity contribution in [1.29, 1.82) is 0 Å². The molecule has 2 N–H and O–H groups in total. The zero-order valence-corrected chi connectivity index (χ0v) is 20.4. The molecule has 0 fully saturated rings. The van der Waals surface area contributed by atoms with Crippen LogP contribution >= 0.6 is 0 Å². The topological polar surface area (TPSA) is 105 Å². The van der Waals surface area contributed by atoms with Crippen molar-refractivity contribution in [2.45, 2.75) is 45.8 Å². The lowest BCUT2D eigenvalue weighted by Crippen LogP contribution is -2.32. The summed E-state index contributed by atoms with van der Waals surface area (Å²) < 4.78 is 7.73. The lowest BCUT2D eigenvalue weighted by Gasteiger charge is -2.22. The molecule has 0 saturated carbocycles. The number of amides is 1. The first-order chi connectivity index (χ1) is 17.0. The highest BCUT2D eigenvalue weighted by Gasteiger charge is 2.26. The Kier molecular flexibility index (Phi) is 8.44. The second-order valence-corrected chi connectivity index (χ2v) is 9.27. The number of aromatic nitrogens is 4. The summed E-state index contributed by atoms with van der Waals surface area (Å²) in [6.45, 7) is 7.86. The molecule has 9 nitrogen and oxygen atoms in total. The Balaban J connectivity index is 1.45. The van der Waals surface area contributed by atoms with Crippen molar-refractivity contribution in [3.05, 3.63) is 71.6 Å². The monoisotopic (exact) mass is 478 g/mol. The maximum absolute atomic E-state index is 12.9. The fourth-order valence-electron chi connectivity index (χ4n) is 4.40. The summed E-state index contributed by atoms with van der Waals surface area (Å²) in [4.78, 5) is 19.3. The third-order valence-corrected chi connectivity index (χ3v) is 6.06. The average Bonchev–Trinajstić information content (AvgIpc) is 3.17. The molecule has 0 aliphatic carbocycles. The maximum atomic E-state index is 12.9. The van der Waals surface area contributed by atoms with Gasteiger partial charge in [0.05, 0.1) is 18.2 Å². The van der Waals surface area contributed by atoms with E-state index < -0.39 is 0 Å². The smallest absolute Gasteiger partial charge is 0.253 e. The predicted octanol–water partition coefficient (Wildman–Crippen LogP) is 2.62. The van der Waals surface area contributed by atoms with E-state index >= 15 is 0 Å². The molecular weight excluding hydrogens is 444 g/mol. The Bertz CT molecular complexity index is 1100. The molecule has 1 aliphatic heterocycles. The van der Waals surface area contributed by atoms with Gasteiger partial charge < -0.3 is 19.7 Å². The second-order valence-electron chi connectivity index (χ2n) is 9.27. The van der Waals surface area contributed by atoms with Gasteiger partial charge in [-0.2, -0.15) is 0 Å². The lowest BCUT2D eigenvalue weighted by atomic mass is 10.0. The number of pyridine rings is 1. The van der Waals surface area contributed by atoms with E-state index in [4.69, 9.17) is 9.84 Å². The van der Waals surface area contributed by atoms with Crippen LogP contribution in [0.1, 0.15) is 53.9 Å². The van der Waals surface area contributed by atoms with Gasteiger partial charge in [-0.05, 0) is 42.2 Å². The molecule has 1 unspecified atom stereocenters. The SMILES string of the molecule is CC(C)CC(NC(=O)c1cccnc1)c1nnc2n1CCN(Cc1cccc(OCCO)c1)CC2. The van der Waals surface area contributed by atoms with Crippen LogP contribution in [0.15, 0.2) is 48.8 Å². The average molecular weight is 479 g/mol. The van der Waals surface area contributed by atoms with Gasteiger partial charge in [-0.15, -0.1) is 10.2 Å². The van der Waals surface area contributed by atoms with Crippen molar-refractivity contribution in [2.24, 2.45) is 5.92 Å². The van der Waals surface area contributed by atoms with E-state index in [9.17, 15) is 4.79 Å². The molecule has 0 radical (unpaired) electrons. The largest absolute Gasteiger partial charge is 0.491 e. The number of hydrogen-bond donors (Lipinski definition) is 2. The summed E-state index contributed by atoms with van der Waals surface area (Å²) in [5.41, 5.74) is 1.70. The molecule has 0 spiro atoms. The maximum Gasteiger partial charge on any atom is 0.253 e. The Morgan fingerprint density at radius 1 is 1.17 bits per heavy atom. The van der Waals surface area contributed by atoms with Crippen LogP contribution in [-0.4, -0.2) is 62.0 Å². The minimum atomic E-state index is -0.226. The fourth-order valence-corrected chi connectivity index (χ4v) is 4.40. The number of rotatable bonds is 10. The standard InChI is InChI=1S/C26H34N6O3/c1-19(2)15-23(28-26(34)21-6-4-9-27-17-21)25-30-29-24-8-10-31(11-12-32(24)25)18-20-5-3-7-22(16-20)35-14-13-33/h3-7,9,16-17,19,23,33H,8,10-15,18H2,1-2H3,(H,28,34). The lowest BCUT2D eigenvalue weighted by molar-refractivity contribution is 0.0928. The summed E-state index contributed by atoms with van der Waals surface area (Å²) in [6.07, 6.45) is 4.80. The van der Waals surface area contributed by atoms with E-state index in [-0.39, 0.29) is 18.6 Å². The van der Waals surface area contributed by atoms with Gasteiger partial charge in [-0.1, -0.05) is 26.0 Å². The van der Waals surface area contributed by atoms with E-state index in [0.717, 1.165) is 56.4 Å². The van der Waals surface area contributed by atoms with Gasteiger partial charge in [0, 0.05) is 45.0 Å². The molecule has 0 bridgehead atoms. The number of aliphatic hydroxyl groups is 1. The molecule has 2 aromatic heterocycles. The van der Waals surface area contributed by atoms with Crippen LogP contribution in [0.5, 0.6) is 5.75 Å². The summed E-state index contributed by atoms with van der Waals surface area (Å²) >= 11 is 0. The predicted molar refractivity (Wildman–Crippen MR) is 132 cm³/mol. The first-order valence-electron chi connectivity index (χ1n) is 12.2. The number of carbonyl (C=O) groups excluding carboxylic acids is 1. The summed E-state index contributed by atoms with van der Waals surface area (Å²) in [5.74, 6) is 2.76. The highest BCUT2D eigenvalue weighted by molar-refractivity contribution is 5.94. The molecule has 4 rings (SSSR count). The van der Waals surface area contributed by atoms with Crippen molar-refractivity contribution >= 4 is 5.91 Å². The molecular formula is C26H34N6O3. The zero-order valence-electron chi connectivity index (χ0n) is 20.4. The summed E-state index contributed by atoms with van der Waals surface area (Å²) in [5, 5.41) is 21.2. The van der Waals surface area contributed by atoms with Crippen molar-refractivity contribution in [1.82, 2.24) is 30.0 Å². The van der Waals surface area contributed by atoms with E-state index in [1.54, 1.807) is 24.5 Å². The van der Waals surface area contributed by atoms with E-state index in [0.29, 0.717) is 18.1 Å².